The summed E-state index contributed by atoms with van der Waals surface area (Å²) in [7, 11) is 0. The molecule has 1 aliphatic carbocycles. The molecule has 10 heteroatoms. The highest BCUT2D eigenvalue weighted by atomic mass is 19.4. The van der Waals surface area contributed by atoms with Crippen molar-refractivity contribution in [1.29, 1.82) is 5.26 Å². The molecule has 1 aromatic rings. The van der Waals surface area contributed by atoms with Gasteiger partial charge in [0.15, 0.2) is 0 Å². The molecule has 1 saturated carbocycles. The molecule has 0 radical (unpaired) electrons. The Labute approximate surface area is 158 Å². The number of halogens is 3. The predicted octanol–water partition coefficient (Wildman–Crippen LogP) is 2.83. The highest BCUT2D eigenvalue weighted by molar-refractivity contribution is 6.23. The molecule has 0 bridgehead atoms. The minimum absolute atomic E-state index is 0.187. The number of amides is 3. The van der Waals surface area contributed by atoms with Gasteiger partial charge in [-0.15, -0.1) is 0 Å². The summed E-state index contributed by atoms with van der Waals surface area (Å²) < 4.78 is 44.7. The molecule has 28 heavy (non-hydrogen) atoms. The average Bonchev–Trinajstić information content (AvgIpc) is 3.39. The van der Waals surface area contributed by atoms with Crippen molar-refractivity contribution in [3.63, 3.8) is 0 Å². The van der Waals surface area contributed by atoms with Crippen LogP contribution in [0.15, 0.2) is 18.2 Å². The minimum atomic E-state index is -4.84. The van der Waals surface area contributed by atoms with E-state index in [1.807, 2.05) is 0 Å². The first-order valence-electron chi connectivity index (χ1n) is 8.44. The Morgan fingerprint density at radius 1 is 1.32 bits per heavy atom. The molecule has 7 nitrogen and oxygen atoms in total. The Kier molecular flexibility index (Phi) is 4.57. The monoisotopic (exact) mass is 395 g/mol. The summed E-state index contributed by atoms with van der Waals surface area (Å²) in [4.78, 5) is 39.0. The second kappa shape index (κ2) is 6.51. The maximum absolute atomic E-state index is 13.2. The highest BCUT2D eigenvalue weighted by Gasteiger charge is 2.53. The van der Waals surface area contributed by atoms with E-state index >= 15 is 0 Å². The third-order valence-corrected chi connectivity index (χ3v) is 4.62. The van der Waals surface area contributed by atoms with E-state index in [-0.39, 0.29) is 11.8 Å². The number of rotatable bonds is 4. The first-order valence-corrected chi connectivity index (χ1v) is 8.44. The Bertz CT molecular complexity index is 900. The summed E-state index contributed by atoms with van der Waals surface area (Å²) in [6.07, 6.45) is -3.55. The molecule has 1 heterocycles. The van der Waals surface area contributed by atoms with Crippen molar-refractivity contribution in [2.24, 2.45) is 0 Å². The molecular weight excluding hydrogens is 379 g/mol. The summed E-state index contributed by atoms with van der Waals surface area (Å²) in [6.45, 7) is 2.30. The first-order chi connectivity index (χ1) is 13.0. The lowest BCUT2D eigenvalue weighted by Gasteiger charge is -2.26. The van der Waals surface area contributed by atoms with E-state index < -0.39 is 47.3 Å². The number of ether oxygens (including phenoxy) is 1. The Hall–Kier alpha value is -3.09. The molecule has 0 aromatic heterocycles. The molecule has 0 unspecified atom stereocenters. The van der Waals surface area contributed by atoms with E-state index in [0.717, 1.165) is 29.9 Å². The van der Waals surface area contributed by atoms with Crippen LogP contribution >= 0.6 is 0 Å². The summed E-state index contributed by atoms with van der Waals surface area (Å²) in [6, 6.07) is 3.07. The van der Waals surface area contributed by atoms with Gasteiger partial charge >= 0.3 is 18.2 Å². The van der Waals surface area contributed by atoms with Gasteiger partial charge in [0, 0.05) is 0 Å². The van der Waals surface area contributed by atoms with Crippen LogP contribution in [0.25, 0.3) is 0 Å². The number of hydrogen-bond donors (Lipinski definition) is 0. The lowest BCUT2D eigenvalue weighted by Crippen LogP contribution is -2.47. The van der Waals surface area contributed by atoms with E-state index in [0.29, 0.717) is 11.0 Å². The number of nitriles is 1. The van der Waals surface area contributed by atoms with Crippen molar-refractivity contribution in [1.82, 2.24) is 4.90 Å². The molecule has 1 saturated heterocycles. The van der Waals surface area contributed by atoms with E-state index in [1.165, 1.54) is 19.9 Å². The van der Waals surface area contributed by atoms with Crippen molar-refractivity contribution < 1.29 is 32.3 Å². The Balaban J connectivity index is 1.94. The number of urea groups is 1. The molecule has 2 aliphatic rings. The fraction of sp³-hybridized carbons (Fsp3) is 0.444. The number of nitrogens with zero attached hydrogens (tertiary/aromatic N) is 3. The smallest absolute Gasteiger partial charge is 0.417 e. The summed E-state index contributed by atoms with van der Waals surface area (Å²) >= 11 is 0. The van der Waals surface area contributed by atoms with E-state index in [9.17, 15) is 27.6 Å². The summed E-state index contributed by atoms with van der Waals surface area (Å²) in [5.74, 6) is -1.47. The third-order valence-electron chi connectivity index (χ3n) is 4.62. The van der Waals surface area contributed by atoms with Crippen molar-refractivity contribution in [2.45, 2.75) is 44.5 Å². The molecular formula is C18H16F3N3O4. The number of esters is 1. The molecule has 1 aliphatic heterocycles. The molecule has 1 aromatic carbocycles. The van der Waals surface area contributed by atoms with Crippen LogP contribution in [-0.4, -0.2) is 41.0 Å². The van der Waals surface area contributed by atoms with Crippen molar-refractivity contribution in [3.05, 3.63) is 29.3 Å². The predicted molar refractivity (Wildman–Crippen MR) is 88.9 cm³/mol. The van der Waals surface area contributed by atoms with Crippen LogP contribution in [0.3, 0.4) is 0 Å². The van der Waals surface area contributed by atoms with Gasteiger partial charge in [0.25, 0.3) is 5.91 Å². The second-order valence-corrected chi connectivity index (χ2v) is 7.10. The molecule has 0 atom stereocenters. The lowest BCUT2D eigenvalue weighted by molar-refractivity contribution is -0.146. The van der Waals surface area contributed by atoms with Crippen LogP contribution in [0, 0.1) is 11.3 Å². The second-order valence-electron chi connectivity index (χ2n) is 7.10. The van der Waals surface area contributed by atoms with Crippen molar-refractivity contribution in [2.75, 3.05) is 11.4 Å². The molecule has 0 spiro atoms. The number of anilines is 1. The number of carbonyl (C=O) groups is 3. The van der Waals surface area contributed by atoms with Crippen LogP contribution in [0.5, 0.6) is 0 Å². The number of imide groups is 1. The fourth-order valence-electron chi connectivity index (χ4n) is 2.87. The average molecular weight is 395 g/mol. The number of benzene rings is 1. The van der Waals surface area contributed by atoms with Gasteiger partial charge in [-0.05, 0) is 44.9 Å². The van der Waals surface area contributed by atoms with Gasteiger partial charge in [-0.1, -0.05) is 0 Å². The van der Waals surface area contributed by atoms with Crippen LogP contribution in [-0.2, 0) is 20.5 Å². The SMILES string of the molecule is CC1(C)C(=O)N(c2ccc(C#N)c(C(F)(F)F)c2)C(=O)N1CC(=O)OC1CC1. The normalized spacial score (nSPS) is 19.0. The number of hydrogen-bond acceptors (Lipinski definition) is 5. The molecule has 148 valence electrons. The van der Waals surface area contributed by atoms with Crippen LogP contribution in [0.4, 0.5) is 23.7 Å². The van der Waals surface area contributed by atoms with Gasteiger partial charge < -0.3 is 4.74 Å². The standard InChI is InChI=1S/C18H16F3N3O4/c1-17(2)15(26)24(16(27)23(17)9-14(25)28-12-5-6-12)11-4-3-10(8-22)13(7-11)18(19,20)21/h3-4,7,12H,5-6,9H2,1-2H3. The van der Waals surface area contributed by atoms with Crippen molar-refractivity contribution in [3.8, 4) is 6.07 Å². The van der Waals surface area contributed by atoms with E-state index in [2.05, 4.69) is 0 Å². The summed E-state index contributed by atoms with van der Waals surface area (Å²) in [5.41, 5.74) is -3.66. The topological polar surface area (TPSA) is 90.7 Å². The molecule has 0 N–H and O–H groups in total. The molecule has 3 amide bonds. The van der Waals surface area contributed by atoms with E-state index in [1.54, 1.807) is 0 Å². The number of alkyl halides is 3. The van der Waals surface area contributed by atoms with Gasteiger partial charge in [-0.25, -0.2) is 9.69 Å². The van der Waals surface area contributed by atoms with Gasteiger partial charge in [0.05, 0.1) is 22.9 Å². The zero-order valence-electron chi connectivity index (χ0n) is 15.0. The largest absolute Gasteiger partial charge is 0.461 e. The quantitative estimate of drug-likeness (QED) is 0.578. The Morgan fingerprint density at radius 3 is 2.50 bits per heavy atom. The highest BCUT2D eigenvalue weighted by Crippen LogP contribution is 2.37. The van der Waals surface area contributed by atoms with E-state index in [4.69, 9.17) is 10.00 Å². The maximum atomic E-state index is 13.2. The maximum Gasteiger partial charge on any atom is 0.417 e. The summed E-state index contributed by atoms with van der Waals surface area (Å²) in [5, 5.41) is 8.89. The Morgan fingerprint density at radius 2 is 1.96 bits per heavy atom. The zero-order chi connectivity index (χ0) is 20.9. The lowest BCUT2D eigenvalue weighted by atomic mass is 10.0. The van der Waals surface area contributed by atoms with Gasteiger partial charge in [0.2, 0.25) is 0 Å². The van der Waals surface area contributed by atoms with Gasteiger partial charge in [-0.3, -0.25) is 14.5 Å². The number of carbonyl (C=O) groups excluding carboxylic acids is 3. The zero-order valence-corrected chi connectivity index (χ0v) is 15.0. The third kappa shape index (κ3) is 3.40. The van der Waals surface area contributed by atoms with Crippen molar-refractivity contribution >= 4 is 23.6 Å². The van der Waals surface area contributed by atoms with Gasteiger partial charge in [-0.2, -0.15) is 18.4 Å². The van der Waals surface area contributed by atoms with Crippen LogP contribution < -0.4 is 4.90 Å². The van der Waals surface area contributed by atoms with Gasteiger partial charge in [0.1, 0.15) is 18.2 Å². The fourth-order valence-corrected chi connectivity index (χ4v) is 2.87. The molecule has 3 rings (SSSR count). The first kappa shape index (κ1) is 19.7. The molecule has 2 fully saturated rings. The minimum Gasteiger partial charge on any atom is -0.461 e. The van der Waals surface area contributed by atoms with Crippen LogP contribution in [0.2, 0.25) is 0 Å². The van der Waals surface area contributed by atoms with Crippen LogP contribution in [0.1, 0.15) is 37.8 Å².